The fourth-order valence-corrected chi connectivity index (χ4v) is 5.08. The lowest BCUT2D eigenvalue weighted by atomic mass is 10.1. The number of hydrogen-bond donors (Lipinski definition) is 1. The van der Waals surface area contributed by atoms with E-state index in [1.54, 1.807) is 12.1 Å². The Morgan fingerprint density at radius 3 is 2.25 bits per heavy atom. The molecule has 2 aliphatic heterocycles. The van der Waals surface area contributed by atoms with Crippen LogP contribution in [0.3, 0.4) is 0 Å². The zero-order valence-corrected chi connectivity index (χ0v) is 23.5. The number of nitrogens with zero attached hydrogens (tertiary/aromatic N) is 3. The molecule has 1 N–H and O–H groups in total. The summed E-state index contributed by atoms with van der Waals surface area (Å²) in [4.78, 5) is 7.85. The molecule has 2 aromatic carbocycles. The van der Waals surface area contributed by atoms with Gasteiger partial charge in [-0.05, 0) is 63.0 Å². The molecule has 6 heteroatoms. The van der Waals surface area contributed by atoms with Crippen molar-refractivity contribution < 1.29 is 0 Å². The summed E-state index contributed by atoms with van der Waals surface area (Å²) in [5.41, 5.74) is 2.45. The highest BCUT2D eigenvalue weighted by Crippen LogP contribution is 2.21. The fourth-order valence-electron chi connectivity index (χ4n) is 4.81. The number of rotatable bonds is 11. The van der Waals surface area contributed by atoms with Crippen molar-refractivity contribution in [1.82, 2.24) is 20.0 Å². The van der Waals surface area contributed by atoms with Gasteiger partial charge in [-0.15, -0.1) is 0 Å². The van der Waals surface area contributed by atoms with Crippen molar-refractivity contribution in [2.45, 2.75) is 45.1 Å². The summed E-state index contributed by atoms with van der Waals surface area (Å²) in [5, 5.41) is 4.72. The molecule has 0 bridgehead atoms. The van der Waals surface area contributed by atoms with Crippen LogP contribution in [-0.4, -0.2) is 79.6 Å². The number of hydrogen-bond acceptors (Lipinski definition) is 4. The van der Waals surface area contributed by atoms with Gasteiger partial charge < -0.3 is 15.1 Å². The second kappa shape index (κ2) is 16.3. The topological polar surface area (TPSA) is 21.8 Å². The molecule has 0 radical (unpaired) electrons. The van der Waals surface area contributed by atoms with Gasteiger partial charge in [-0.1, -0.05) is 85.6 Å². The number of benzene rings is 2. The summed E-state index contributed by atoms with van der Waals surface area (Å²) in [6, 6.07) is 18.7. The summed E-state index contributed by atoms with van der Waals surface area (Å²) in [5.74, 6) is 0. The molecule has 0 unspecified atom stereocenters. The minimum atomic E-state index is 0.606. The van der Waals surface area contributed by atoms with E-state index in [4.69, 9.17) is 23.2 Å². The van der Waals surface area contributed by atoms with Gasteiger partial charge in [0.05, 0.1) is 10.0 Å². The average molecular weight is 532 g/mol. The second-order valence-corrected chi connectivity index (χ2v) is 10.6. The zero-order chi connectivity index (χ0) is 25.6. The Morgan fingerprint density at radius 2 is 1.58 bits per heavy atom. The van der Waals surface area contributed by atoms with E-state index in [2.05, 4.69) is 63.9 Å². The van der Waals surface area contributed by atoms with Gasteiger partial charge in [-0.25, -0.2) is 0 Å². The van der Waals surface area contributed by atoms with Crippen molar-refractivity contribution in [1.29, 1.82) is 0 Å². The molecule has 4 rings (SSSR count). The van der Waals surface area contributed by atoms with E-state index in [1.165, 1.54) is 82.6 Å². The van der Waals surface area contributed by atoms with E-state index < -0.39 is 0 Å². The van der Waals surface area contributed by atoms with Gasteiger partial charge in [0.15, 0.2) is 0 Å². The number of unbranched alkanes of at least 4 members (excludes halogenated alkanes) is 2. The Bertz CT molecular complexity index is 857. The van der Waals surface area contributed by atoms with Crippen LogP contribution in [0.2, 0.25) is 10.0 Å². The van der Waals surface area contributed by atoms with E-state index >= 15 is 0 Å². The van der Waals surface area contributed by atoms with Crippen LogP contribution in [0.15, 0.2) is 61.2 Å². The smallest absolute Gasteiger partial charge is 0.0592 e. The molecule has 2 saturated heterocycles. The van der Waals surface area contributed by atoms with Gasteiger partial charge in [0, 0.05) is 51.0 Å². The van der Waals surface area contributed by atoms with Gasteiger partial charge in [0.2, 0.25) is 0 Å². The average Bonchev–Trinajstić information content (AvgIpc) is 3.16. The van der Waals surface area contributed by atoms with E-state index in [1.807, 2.05) is 12.1 Å². The van der Waals surface area contributed by atoms with Crippen molar-refractivity contribution in [3.63, 3.8) is 0 Å². The van der Waals surface area contributed by atoms with Crippen LogP contribution < -0.4 is 5.32 Å². The number of nitrogens with one attached hydrogen (secondary N) is 1. The molecule has 0 amide bonds. The first kappa shape index (κ1) is 29.0. The third kappa shape index (κ3) is 9.72. The molecular weight excluding hydrogens is 487 g/mol. The highest BCUT2D eigenvalue weighted by atomic mass is 35.5. The van der Waals surface area contributed by atoms with Crippen LogP contribution in [0.1, 0.15) is 44.6 Å². The third-order valence-electron chi connectivity index (χ3n) is 7.08. The van der Waals surface area contributed by atoms with Crippen molar-refractivity contribution >= 4 is 28.9 Å². The van der Waals surface area contributed by atoms with Crippen LogP contribution in [0.5, 0.6) is 0 Å². The monoisotopic (exact) mass is 530 g/mol. The molecule has 36 heavy (non-hydrogen) atoms. The summed E-state index contributed by atoms with van der Waals surface area (Å²) >= 11 is 11.2. The minimum absolute atomic E-state index is 0.606. The summed E-state index contributed by atoms with van der Waals surface area (Å²) in [6.07, 6.45) is 6.32. The zero-order valence-electron chi connectivity index (χ0n) is 22.0. The Hall–Kier alpha value is -1.56. The molecule has 2 aromatic rings. The van der Waals surface area contributed by atoms with Gasteiger partial charge >= 0.3 is 0 Å². The molecule has 0 saturated carbocycles. The van der Waals surface area contributed by atoms with Crippen LogP contribution in [0.4, 0.5) is 0 Å². The first-order valence-electron chi connectivity index (χ1n) is 13.6. The summed E-state index contributed by atoms with van der Waals surface area (Å²) in [7, 11) is 0. The van der Waals surface area contributed by atoms with Crippen molar-refractivity contribution in [2.75, 3.05) is 58.9 Å². The third-order valence-corrected chi connectivity index (χ3v) is 7.83. The van der Waals surface area contributed by atoms with Gasteiger partial charge in [-0.2, -0.15) is 0 Å². The lowest BCUT2D eigenvalue weighted by molar-refractivity contribution is 0.0365. The van der Waals surface area contributed by atoms with E-state index in [0.717, 1.165) is 25.7 Å². The highest BCUT2D eigenvalue weighted by Gasteiger charge is 2.31. The fraction of sp³-hybridized carbons (Fsp3) is 0.533. The molecule has 2 aliphatic rings. The minimum Gasteiger partial charge on any atom is -0.372 e. The van der Waals surface area contributed by atoms with Gasteiger partial charge in [0.1, 0.15) is 0 Å². The molecule has 2 fully saturated rings. The van der Waals surface area contributed by atoms with Crippen molar-refractivity contribution in [3.8, 4) is 0 Å². The maximum absolute atomic E-state index is 5.58. The lowest BCUT2D eigenvalue weighted by Gasteiger charge is -2.45. The maximum Gasteiger partial charge on any atom is 0.0592 e. The van der Waals surface area contributed by atoms with Gasteiger partial charge in [-0.3, -0.25) is 4.90 Å². The van der Waals surface area contributed by atoms with Crippen molar-refractivity contribution in [3.05, 3.63) is 76.8 Å². The SMILES string of the molecule is C=C(c1ccccc1)N(CCCC)CCCCN1CC(N2CCCNCC2)C1.Clc1ccccc1Cl. The standard InChI is InChI=1S/C24H40N4.C6H4Cl2/c1-3-4-16-27(22(2)23-11-6-5-7-12-23)17-9-8-15-26-20-24(21-26)28-18-10-13-25-14-19-28;7-5-3-1-2-4-6(5)8/h5-7,11-12,24-25H,2-4,8-10,13-21H2,1H3;1-4H. The first-order chi connectivity index (χ1) is 17.6. The molecule has 4 nitrogen and oxygen atoms in total. The van der Waals surface area contributed by atoms with Crippen LogP contribution in [0, 0.1) is 0 Å². The Balaban J connectivity index is 0.000000383. The predicted octanol–water partition coefficient (Wildman–Crippen LogP) is 6.51. The predicted molar refractivity (Wildman–Crippen MR) is 157 cm³/mol. The first-order valence-corrected chi connectivity index (χ1v) is 14.4. The highest BCUT2D eigenvalue weighted by molar-refractivity contribution is 6.41. The maximum atomic E-state index is 5.58. The molecule has 0 spiro atoms. The van der Waals surface area contributed by atoms with Crippen molar-refractivity contribution in [2.24, 2.45) is 0 Å². The molecule has 198 valence electrons. The Labute approximate surface area is 229 Å². The van der Waals surface area contributed by atoms with E-state index in [9.17, 15) is 0 Å². The van der Waals surface area contributed by atoms with E-state index in [0.29, 0.717) is 10.0 Å². The van der Waals surface area contributed by atoms with Gasteiger partial charge in [0.25, 0.3) is 0 Å². The quantitative estimate of drug-likeness (QED) is 0.334. The Morgan fingerprint density at radius 1 is 0.917 bits per heavy atom. The molecule has 2 heterocycles. The number of halogens is 2. The molecule has 0 atom stereocenters. The van der Waals surface area contributed by atoms with Crippen LogP contribution in [-0.2, 0) is 0 Å². The summed E-state index contributed by atoms with van der Waals surface area (Å²) in [6.45, 7) is 17.6. The number of likely N-dealkylation sites (tertiary alicyclic amines) is 1. The molecule has 0 aliphatic carbocycles. The summed E-state index contributed by atoms with van der Waals surface area (Å²) < 4.78 is 0. The van der Waals surface area contributed by atoms with E-state index in [-0.39, 0.29) is 0 Å². The normalized spacial score (nSPS) is 17.0. The molecule has 0 aromatic heterocycles. The lowest BCUT2D eigenvalue weighted by Crippen LogP contribution is -2.59. The van der Waals surface area contributed by atoms with Crippen LogP contribution >= 0.6 is 23.2 Å². The second-order valence-electron chi connectivity index (χ2n) is 9.83. The van der Waals surface area contributed by atoms with Crippen LogP contribution in [0.25, 0.3) is 5.70 Å². The molecular formula is C30H44Cl2N4. The Kier molecular flexibility index (Phi) is 13.1. The largest absolute Gasteiger partial charge is 0.372 e.